The highest BCUT2D eigenvalue weighted by atomic mass is 19.4. The summed E-state index contributed by atoms with van der Waals surface area (Å²) in [6.45, 7) is 21.7. The van der Waals surface area contributed by atoms with Gasteiger partial charge in [-0.3, -0.25) is 0 Å². The molecular formula is C61H70F3NO2. The molecule has 0 radical (unpaired) electrons. The molecular weight excluding hydrogens is 836 g/mol. The number of halogens is 3. The molecule has 6 heteroatoms. The molecule has 9 aliphatic rings. The second-order valence-corrected chi connectivity index (χ2v) is 25.3. The summed E-state index contributed by atoms with van der Waals surface area (Å²) in [7, 11) is 0. The number of benzene rings is 4. The van der Waals surface area contributed by atoms with Crippen molar-refractivity contribution in [1.82, 2.24) is 0 Å². The first-order valence-corrected chi connectivity index (χ1v) is 25.4. The highest BCUT2D eigenvalue weighted by molar-refractivity contribution is 5.86. The lowest BCUT2D eigenvalue weighted by molar-refractivity contribution is -0.392. The van der Waals surface area contributed by atoms with Gasteiger partial charge in [0.1, 0.15) is 17.5 Å². The minimum atomic E-state index is -4.67. The molecule has 0 atom stereocenters. The molecule has 4 aromatic carbocycles. The van der Waals surface area contributed by atoms with Crippen LogP contribution in [0.15, 0.2) is 78.4 Å². The van der Waals surface area contributed by atoms with Crippen LogP contribution in [0.1, 0.15) is 163 Å². The maximum Gasteiger partial charge on any atom is 0.393 e. The number of rotatable bonds is 6. The quantitative estimate of drug-likeness (QED) is 0.150. The molecule has 2 N–H and O–H groups in total. The molecule has 0 amide bonds. The van der Waals surface area contributed by atoms with Crippen LogP contribution in [0.2, 0.25) is 0 Å². The van der Waals surface area contributed by atoms with Crippen LogP contribution in [0.25, 0.3) is 28.0 Å². The van der Waals surface area contributed by atoms with Gasteiger partial charge in [0.25, 0.3) is 0 Å². The number of aryl methyl sites for hydroxylation is 2. The Morgan fingerprint density at radius 2 is 0.955 bits per heavy atom. The van der Waals surface area contributed by atoms with Crippen molar-refractivity contribution in [3.05, 3.63) is 129 Å². The van der Waals surface area contributed by atoms with E-state index in [-0.39, 0.29) is 33.2 Å². The van der Waals surface area contributed by atoms with Crippen molar-refractivity contribution in [3.63, 3.8) is 0 Å². The second-order valence-electron chi connectivity index (χ2n) is 25.3. The van der Waals surface area contributed by atoms with Gasteiger partial charge >= 0.3 is 6.18 Å². The summed E-state index contributed by atoms with van der Waals surface area (Å²) in [4.78, 5) is 0. The Morgan fingerprint density at radius 3 is 1.37 bits per heavy atom. The van der Waals surface area contributed by atoms with Gasteiger partial charge in [-0.05, 0) is 194 Å². The highest BCUT2D eigenvalue weighted by Crippen LogP contribution is 2.65. The van der Waals surface area contributed by atoms with Crippen molar-refractivity contribution in [2.24, 2.45) is 35.5 Å². The highest BCUT2D eigenvalue weighted by Gasteiger charge is 2.54. The van der Waals surface area contributed by atoms with Gasteiger partial charge in [-0.2, -0.15) is 13.2 Å². The SMILES string of the molecule is C=[N+]1C(c2cc(C)ccc2-c2cc(C(C)(C)C)cc(C34CC5CC(CC(C5)C3)C4)c2O)=CC(C(F)(F)F)=C[C-]1c1cc(C)ccc1-c1cc(C(C)(C)C)cc(C23CC4CC(CC(C4)C2)C3)c1O. The number of phenols is 2. The molecule has 4 aromatic rings. The van der Waals surface area contributed by atoms with Gasteiger partial charge in [0, 0.05) is 27.8 Å². The van der Waals surface area contributed by atoms with Gasteiger partial charge < -0.3 is 10.2 Å². The molecule has 1 heterocycles. The third-order valence-electron chi connectivity index (χ3n) is 18.1. The van der Waals surface area contributed by atoms with E-state index in [4.69, 9.17) is 0 Å². The van der Waals surface area contributed by atoms with Crippen LogP contribution >= 0.6 is 0 Å². The first-order valence-electron chi connectivity index (χ1n) is 25.4. The Balaban J connectivity index is 1.07. The summed E-state index contributed by atoms with van der Waals surface area (Å²) in [5.41, 5.74) is 8.70. The number of nitrogens with zero attached hydrogens (tertiary/aromatic N) is 1. The van der Waals surface area contributed by atoms with Crippen LogP contribution in [-0.4, -0.2) is 27.7 Å². The van der Waals surface area contributed by atoms with E-state index in [0.29, 0.717) is 80.6 Å². The molecule has 3 nitrogen and oxygen atoms in total. The summed E-state index contributed by atoms with van der Waals surface area (Å²) in [5, 5.41) is 25.6. The molecule has 8 bridgehead atoms. The molecule has 13 rings (SSSR count). The van der Waals surface area contributed by atoms with E-state index in [1.807, 2.05) is 50.2 Å². The minimum Gasteiger partial charge on any atom is -0.508 e. The Kier molecular flexibility index (Phi) is 10.1. The molecule has 8 aliphatic carbocycles. The predicted octanol–water partition coefficient (Wildman–Crippen LogP) is 15.7. The topological polar surface area (TPSA) is 43.5 Å². The summed E-state index contributed by atoms with van der Waals surface area (Å²) < 4.78 is 48.3. The lowest BCUT2D eigenvalue weighted by Crippen LogP contribution is -2.48. The smallest absolute Gasteiger partial charge is 0.393 e. The van der Waals surface area contributed by atoms with Crippen LogP contribution in [0, 0.1) is 55.4 Å². The van der Waals surface area contributed by atoms with Crippen LogP contribution in [0.4, 0.5) is 13.2 Å². The number of hydrogen-bond acceptors (Lipinski definition) is 2. The minimum absolute atomic E-state index is 0.109. The lowest BCUT2D eigenvalue weighted by Gasteiger charge is -2.57. The summed E-state index contributed by atoms with van der Waals surface area (Å²) in [5.74, 6) is 4.54. The van der Waals surface area contributed by atoms with Crippen LogP contribution in [-0.2, 0) is 21.7 Å². The number of allylic oxidation sites excluding steroid dienone is 2. The molecule has 8 fully saturated rings. The zero-order valence-electron chi connectivity index (χ0n) is 41.1. The van der Waals surface area contributed by atoms with Gasteiger partial charge in [0.15, 0.2) is 5.70 Å². The first-order chi connectivity index (χ1) is 31.5. The molecule has 67 heavy (non-hydrogen) atoms. The Bertz CT molecular complexity index is 2720. The van der Waals surface area contributed by atoms with E-state index in [1.54, 1.807) is 4.58 Å². The van der Waals surface area contributed by atoms with Crippen molar-refractivity contribution in [2.45, 2.75) is 160 Å². The van der Waals surface area contributed by atoms with Crippen molar-refractivity contribution in [2.75, 3.05) is 0 Å². The zero-order valence-corrected chi connectivity index (χ0v) is 41.1. The Labute approximate surface area is 397 Å². The first kappa shape index (κ1) is 44.8. The van der Waals surface area contributed by atoms with Gasteiger partial charge in [0.05, 0.1) is 6.72 Å². The average molecular weight is 906 g/mol. The summed E-state index contributed by atoms with van der Waals surface area (Å²) in [6, 6.07) is 20.9. The number of alkyl halides is 3. The van der Waals surface area contributed by atoms with Gasteiger partial charge in [-0.15, -0.1) is 0 Å². The molecule has 352 valence electrons. The standard InChI is InChI=1S/C61H70F3NO2/c1-34-10-12-45(49-22-42(57(3,4)5)24-51(55(49)66)59-28-36-16-37(29-59)18-38(17-36)30-59)47(14-34)53-26-44(61(62,63)64)27-54(65(53)9)48-15-35(2)11-13-46(48)50-23-43(58(6,7)8)25-52(56(50)67)60-31-39-19-40(32-60)21-41(20-39)33-60/h10-15,22-27,36-41,66-67H,9,16-21,28-33H2,1-8H3. The number of phenolic OH excluding ortho intramolecular Hbond substituents is 2. The normalized spacial score (nSPS) is 30.0. The molecule has 1 aliphatic heterocycles. The molecule has 0 unspecified atom stereocenters. The second kappa shape index (κ2) is 15.1. The van der Waals surface area contributed by atoms with Crippen LogP contribution in [0.3, 0.4) is 0 Å². The van der Waals surface area contributed by atoms with Crippen molar-refractivity contribution >= 4 is 12.4 Å². The van der Waals surface area contributed by atoms with E-state index in [1.165, 1.54) is 50.7 Å². The fourth-order valence-corrected chi connectivity index (χ4v) is 15.7. The molecule has 0 aromatic heterocycles. The van der Waals surface area contributed by atoms with Crippen LogP contribution in [0.5, 0.6) is 11.5 Å². The van der Waals surface area contributed by atoms with Gasteiger partial charge in [-0.1, -0.05) is 113 Å². The van der Waals surface area contributed by atoms with E-state index < -0.39 is 11.7 Å². The van der Waals surface area contributed by atoms with Crippen molar-refractivity contribution in [3.8, 4) is 33.8 Å². The third-order valence-corrected chi connectivity index (χ3v) is 18.1. The van der Waals surface area contributed by atoms with Crippen molar-refractivity contribution < 1.29 is 28.0 Å². The fourth-order valence-electron chi connectivity index (χ4n) is 15.7. The maximum absolute atomic E-state index is 15.5. The van der Waals surface area contributed by atoms with Gasteiger partial charge in [-0.25, -0.2) is 4.58 Å². The van der Waals surface area contributed by atoms with E-state index in [0.717, 1.165) is 71.9 Å². The van der Waals surface area contributed by atoms with E-state index in [9.17, 15) is 10.2 Å². The summed E-state index contributed by atoms with van der Waals surface area (Å²) >= 11 is 0. The van der Waals surface area contributed by atoms with E-state index >= 15 is 13.2 Å². The Hall–Kier alpha value is -4.71. The monoisotopic (exact) mass is 906 g/mol. The maximum atomic E-state index is 15.5. The Morgan fingerprint density at radius 1 is 0.552 bits per heavy atom. The fraction of sp³-hybridized carbons (Fsp3) is 0.508. The lowest BCUT2D eigenvalue weighted by atomic mass is 9.47. The largest absolute Gasteiger partial charge is 0.508 e. The third kappa shape index (κ3) is 7.52. The van der Waals surface area contributed by atoms with E-state index in [2.05, 4.69) is 72.5 Å². The number of aromatic hydroxyl groups is 2. The zero-order chi connectivity index (χ0) is 47.3. The van der Waals surface area contributed by atoms with Crippen LogP contribution < -0.4 is 0 Å². The molecule has 0 saturated heterocycles. The summed E-state index contributed by atoms with van der Waals surface area (Å²) in [6.07, 6.45) is 11.9. The molecule has 0 spiro atoms. The predicted molar refractivity (Wildman–Crippen MR) is 266 cm³/mol. The van der Waals surface area contributed by atoms with Gasteiger partial charge in [0.2, 0.25) is 0 Å². The number of hydrogen-bond donors (Lipinski definition) is 2. The average Bonchev–Trinajstić information content (AvgIpc) is 3.22. The van der Waals surface area contributed by atoms with Crippen molar-refractivity contribution in [1.29, 1.82) is 0 Å². The molecule has 8 saturated carbocycles.